The van der Waals surface area contributed by atoms with Gasteiger partial charge in [0.15, 0.2) is 0 Å². The normalized spacial score (nSPS) is 19.0. The number of aromatic nitrogens is 3. The van der Waals surface area contributed by atoms with Crippen LogP contribution in [0.15, 0.2) is 24.7 Å². The molecule has 1 aliphatic rings. The minimum atomic E-state index is -0.424. The van der Waals surface area contributed by atoms with Crippen molar-refractivity contribution in [2.24, 2.45) is 5.73 Å². The molecule has 0 aromatic carbocycles. The molecule has 0 saturated carbocycles. The Morgan fingerprint density at radius 1 is 1.30 bits per heavy atom. The molecular weight excluding hydrogens is 274 g/mol. The Balaban J connectivity index is 1.90. The molecule has 1 amide bonds. The zero-order valence-electron chi connectivity index (χ0n) is 10.9. The van der Waals surface area contributed by atoms with Crippen LogP contribution in [0.2, 0.25) is 0 Å². The van der Waals surface area contributed by atoms with E-state index in [2.05, 4.69) is 19.9 Å². The van der Waals surface area contributed by atoms with Gasteiger partial charge in [0, 0.05) is 18.9 Å². The Kier molecular flexibility index (Phi) is 3.60. The third kappa shape index (κ3) is 2.49. The highest BCUT2D eigenvalue weighted by atomic mass is 32.1. The van der Waals surface area contributed by atoms with Crippen LogP contribution in [-0.2, 0) is 0 Å². The summed E-state index contributed by atoms with van der Waals surface area (Å²) in [6.45, 7) is 0.903. The van der Waals surface area contributed by atoms with E-state index in [-0.39, 0.29) is 6.04 Å². The fourth-order valence-corrected chi connectivity index (χ4v) is 3.34. The van der Waals surface area contributed by atoms with Crippen molar-refractivity contribution >= 4 is 23.2 Å². The molecule has 104 valence electrons. The lowest BCUT2D eigenvalue weighted by Gasteiger charge is -2.34. The maximum Gasteiger partial charge on any atom is 0.260 e. The lowest BCUT2D eigenvalue weighted by molar-refractivity contribution is 0.100. The molecule has 0 spiro atoms. The van der Waals surface area contributed by atoms with Crippen molar-refractivity contribution < 1.29 is 4.79 Å². The predicted octanol–water partition coefficient (Wildman–Crippen LogP) is 1.76. The second kappa shape index (κ2) is 5.54. The smallest absolute Gasteiger partial charge is 0.260 e. The third-order valence-corrected chi connectivity index (χ3v) is 4.48. The van der Waals surface area contributed by atoms with Gasteiger partial charge < -0.3 is 10.6 Å². The van der Waals surface area contributed by atoms with Crippen molar-refractivity contribution in [2.75, 3.05) is 11.4 Å². The quantitative estimate of drug-likeness (QED) is 0.930. The summed E-state index contributed by atoms with van der Waals surface area (Å²) in [5, 5.41) is 0.908. The molecule has 7 heteroatoms. The number of hydrogen-bond donors (Lipinski definition) is 1. The van der Waals surface area contributed by atoms with Crippen molar-refractivity contribution in [3.8, 4) is 0 Å². The molecule has 0 bridgehead atoms. The van der Waals surface area contributed by atoms with Gasteiger partial charge in [-0.3, -0.25) is 4.79 Å². The van der Waals surface area contributed by atoms with Crippen LogP contribution in [0.1, 0.15) is 40.0 Å². The number of nitrogens with two attached hydrogens (primary N) is 1. The molecule has 2 aromatic heterocycles. The van der Waals surface area contributed by atoms with Crippen LogP contribution in [0.3, 0.4) is 0 Å². The van der Waals surface area contributed by atoms with Crippen LogP contribution in [0.5, 0.6) is 0 Å². The van der Waals surface area contributed by atoms with E-state index in [0.29, 0.717) is 10.8 Å². The number of carbonyl (C=O) groups is 1. The van der Waals surface area contributed by atoms with E-state index >= 15 is 0 Å². The number of carbonyl (C=O) groups excluding carboxylic acids is 1. The van der Waals surface area contributed by atoms with E-state index in [4.69, 9.17) is 5.73 Å². The Hall–Kier alpha value is -2.02. The largest absolute Gasteiger partial charge is 0.365 e. The summed E-state index contributed by atoms with van der Waals surface area (Å²) < 4.78 is 0. The number of primary amides is 1. The highest BCUT2D eigenvalue weighted by Gasteiger charge is 2.28. The monoisotopic (exact) mass is 289 g/mol. The van der Waals surface area contributed by atoms with Crippen LogP contribution in [0.4, 0.5) is 5.95 Å². The zero-order chi connectivity index (χ0) is 13.9. The molecule has 1 saturated heterocycles. The van der Waals surface area contributed by atoms with Gasteiger partial charge in [0.1, 0.15) is 9.88 Å². The van der Waals surface area contributed by atoms with Gasteiger partial charge in [-0.1, -0.05) is 0 Å². The summed E-state index contributed by atoms with van der Waals surface area (Å²) in [4.78, 5) is 26.9. The lowest BCUT2D eigenvalue weighted by Crippen LogP contribution is -2.34. The number of amides is 1. The van der Waals surface area contributed by atoms with Crippen molar-refractivity contribution in [3.05, 3.63) is 34.5 Å². The molecule has 0 aliphatic carbocycles. The molecule has 1 fully saturated rings. The minimum Gasteiger partial charge on any atom is -0.365 e. The Morgan fingerprint density at radius 2 is 2.10 bits per heavy atom. The van der Waals surface area contributed by atoms with Gasteiger partial charge in [-0.15, -0.1) is 11.3 Å². The Labute approximate surface area is 120 Å². The standard InChI is InChI=1S/C13H15N5OS/c14-11(19)10-8-17-12(20-10)9-4-1-2-7-18(9)13-15-5-3-6-16-13/h3,5-6,8-9H,1-2,4,7H2,(H2,14,19)/t9-/m1/s1. The van der Waals surface area contributed by atoms with Gasteiger partial charge >= 0.3 is 0 Å². The van der Waals surface area contributed by atoms with Crippen molar-refractivity contribution in [3.63, 3.8) is 0 Å². The minimum absolute atomic E-state index is 0.129. The summed E-state index contributed by atoms with van der Waals surface area (Å²) in [6, 6.07) is 1.93. The summed E-state index contributed by atoms with van der Waals surface area (Å²) >= 11 is 1.36. The summed E-state index contributed by atoms with van der Waals surface area (Å²) in [5.74, 6) is 0.292. The molecule has 2 aromatic rings. The van der Waals surface area contributed by atoms with Gasteiger partial charge in [-0.05, 0) is 25.3 Å². The molecule has 1 aliphatic heterocycles. The third-order valence-electron chi connectivity index (χ3n) is 3.36. The number of rotatable bonds is 3. The maximum absolute atomic E-state index is 11.2. The Bertz CT molecular complexity index is 600. The molecule has 1 atom stereocenters. The van der Waals surface area contributed by atoms with Crippen molar-refractivity contribution in [2.45, 2.75) is 25.3 Å². The molecule has 20 heavy (non-hydrogen) atoms. The average Bonchev–Trinajstić information content (AvgIpc) is 2.98. The second-order valence-electron chi connectivity index (χ2n) is 4.68. The SMILES string of the molecule is NC(=O)c1cnc([C@H]2CCCCN2c2ncccn2)s1. The highest BCUT2D eigenvalue weighted by Crippen LogP contribution is 2.35. The average molecular weight is 289 g/mol. The van der Waals surface area contributed by atoms with Gasteiger partial charge in [-0.25, -0.2) is 15.0 Å². The molecule has 3 heterocycles. The fraction of sp³-hybridized carbons (Fsp3) is 0.385. The molecule has 3 rings (SSSR count). The number of thiazole rings is 1. The Morgan fingerprint density at radius 3 is 2.80 bits per heavy atom. The summed E-state index contributed by atoms with van der Waals surface area (Å²) in [6.07, 6.45) is 8.28. The number of piperidine rings is 1. The molecule has 0 radical (unpaired) electrons. The molecule has 0 unspecified atom stereocenters. The lowest BCUT2D eigenvalue weighted by atomic mass is 10.0. The first-order valence-corrected chi connectivity index (χ1v) is 7.36. The van der Waals surface area contributed by atoms with E-state index in [1.807, 2.05) is 0 Å². The van der Waals surface area contributed by atoms with Crippen molar-refractivity contribution in [1.29, 1.82) is 0 Å². The van der Waals surface area contributed by atoms with E-state index in [9.17, 15) is 4.79 Å². The van der Waals surface area contributed by atoms with Gasteiger partial charge in [-0.2, -0.15) is 0 Å². The van der Waals surface area contributed by atoms with Crippen LogP contribution in [0, 0.1) is 0 Å². The second-order valence-corrected chi connectivity index (χ2v) is 5.74. The van der Waals surface area contributed by atoms with Crippen LogP contribution < -0.4 is 10.6 Å². The van der Waals surface area contributed by atoms with Gasteiger partial charge in [0.2, 0.25) is 5.95 Å². The topological polar surface area (TPSA) is 85.0 Å². The van der Waals surface area contributed by atoms with Crippen LogP contribution >= 0.6 is 11.3 Å². The molecule has 6 nitrogen and oxygen atoms in total. The highest BCUT2D eigenvalue weighted by molar-refractivity contribution is 7.13. The zero-order valence-corrected chi connectivity index (χ0v) is 11.7. The van der Waals surface area contributed by atoms with E-state index in [1.165, 1.54) is 11.3 Å². The fourth-order valence-electron chi connectivity index (χ4n) is 2.42. The summed E-state index contributed by atoms with van der Waals surface area (Å²) in [5.41, 5.74) is 5.30. The predicted molar refractivity (Wildman–Crippen MR) is 76.6 cm³/mol. The maximum atomic E-state index is 11.2. The number of anilines is 1. The van der Waals surface area contributed by atoms with E-state index in [1.54, 1.807) is 24.7 Å². The van der Waals surface area contributed by atoms with Gasteiger partial charge in [0.05, 0.1) is 12.2 Å². The number of hydrogen-bond acceptors (Lipinski definition) is 6. The summed E-state index contributed by atoms with van der Waals surface area (Å²) in [7, 11) is 0. The van der Waals surface area contributed by atoms with E-state index < -0.39 is 5.91 Å². The van der Waals surface area contributed by atoms with Crippen LogP contribution in [0.25, 0.3) is 0 Å². The molecular formula is C13H15N5OS. The first kappa shape index (κ1) is 13.0. The van der Waals surface area contributed by atoms with Crippen LogP contribution in [-0.4, -0.2) is 27.4 Å². The first-order chi connectivity index (χ1) is 9.75. The number of nitrogens with zero attached hydrogens (tertiary/aromatic N) is 4. The first-order valence-electron chi connectivity index (χ1n) is 6.55. The molecule has 2 N–H and O–H groups in total. The van der Waals surface area contributed by atoms with Gasteiger partial charge in [0.25, 0.3) is 5.91 Å². The van der Waals surface area contributed by atoms with E-state index in [0.717, 1.165) is 30.8 Å². The van der Waals surface area contributed by atoms with Crippen molar-refractivity contribution in [1.82, 2.24) is 15.0 Å².